The Balaban J connectivity index is 4.28. The van der Waals surface area contributed by atoms with Crippen LogP contribution in [0.25, 0.3) is 0 Å². The molecule has 0 saturated heterocycles. The minimum Gasteiger partial charge on any atom is -0.462 e. The van der Waals surface area contributed by atoms with Crippen molar-refractivity contribution in [2.45, 2.75) is 219 Å². The van der Waals surface area contributed by atoms with Crippen LogP contribution in [0.5, 0.6) is 0 Å². The minimum absolute atomic E-state index is 0.178. The number of phosphoric ester groups is 1. The predicted molar refractivity (Wildman–Crippen MR) is 215 cm³/mol. The van der Waals surface area contributed by atoms with E-state index in [9.17, 15) is 24.2 Å². The number of hydrogen-bond donors (Lipinski definition) is 3. The summed E-state index contributed by atoms with van der Waals surface area (Å²) in [5.41, 5.74) is 0. The fourth-order valence-electron chi connectivity index (χ4n) is 6.05. The van der Waals surface area contributed by atoms with Gasteiger partial charge in [0.2, 0.25) is 0 Å². The van der Waals surface area contributed by atoms with Crippen LogP contribution in [0.1, 0.15) is 206 Å². The molecule has 3 N–H and O–H groups in total. The van der Waals surface area contributed by atoms with Crippen molar-refractivity contribution < 1.29 is 47.8 Å². The lowest BCUT2D eigenvalue weighted by Crippen LogP contribution is -2.29. The number of aliphatic hydroxyl groups excluding tert-OH is 2. The lowest BCUT2D eigenvalue weighted by Gasteiger charge is -2.20. The molecule has 0 saturated carbocycles. The number of allylic oxidation sites excluding steroid dienone is 2. The van der Waals surface area contributed by atoms with E-state index in [2.05, 4.69) is 30.5 Å². The Kier molecular flexibility index (Phi) is 38.0. The van der Waals surface area contributed by atoms with Gasteiger partial charge in [0.25, 0.3) is 0 Å². The zero-order valence-electron chi connectivity index (χ0n) is 34.0. The van der Waals surface area contributed by atoms with Gasteiger partial charge in [0.1, 0.15) is 12.7 Å². The van der Waals surface area contributed by atoms with Crippen LogP contribution in [0, 0.1) is 0 Å². The van der Waals surface area contributed by atoms with E-state index in [0.717, 1.165) is 57.8 Å². The predicted octanol–water partition coefficient (Wildman–Crippen LogP) is 11.2. The maximum absolute atomic E-state index is 12.6. The molecule has 3 unspecified atom stereocenters. The molecule has 314 valence electrons. The van der Waals surface area contributed by atoms with Gasteiger partial charge in [0.05, 0.1) is 19.8 Å². The number of unbranched alkanes of at least 4 members (excludes halogenated alkanes) is 25. The number of esters is 2. The highest BCUT2D eigenvalue weighted by Gasteiger charge is 2.27. The number of carbonyl (C=O) groups excluding carboxylic acids is 2. The third kappa shape index (κ3) is 38.8. The summed E-state index contributed by atoms with van der Waals surface area (Å²) in [6.07, 6.45) is 36.0. The first-order chi connectivity index (χ1) is 25.7. The van der Waals surface area contributed by atoms with E-state index < -0.39 is 51.8 Å². The average molecular weight is 777 g/mol. The molecule has 0 aromatic carbocycles. The fourth-order valence-corrected chi connectivity index (χ4v) is 6.84. The van der Waals surface area contributed by atoms with Crippen LogP contribution in [0.15, 0.2) is 12.2 Å². The Hall–Kier alpha value is -1.29. The molecule has 3 atom stereocenters. The van der Waals surface area contributed by atoms with Gasteiger partial charge in [0, 0.05) is 12.8 Å². The van der Waals surface area contributed by atoms with E-state index in [4.69, 9.17) is 19.1 Å². The normalized spacial score (nSPS) is 14.0. The average Bonchev–Trinajstić information content (AvgIpc) is 3.14. The van der Waals surface area contributed by atoms with Crippen molar-refractivity contribution in [3.05, 3.63) is 12.2 Å². The van der Waals surface area contributed by atoms with Crippen LogP contribution in [0.2, 0.25) is 0 Å². The summed E-state index contributed by atoms with van der Waals surface area (Å²) in [6.45, 7) is 2.39. The summed E-state index contributed by atoms with van der Waals surface area (Å²) < 4.78 is 32.7. The fraction of sp³-hybridized carbons (Fsp3) is 0.905. The first kappa shape index (κ1) is 51.7. The van der Waals surface area contributed by atoms with E-state index >= 15 is 0 Å². The molecule has 0 aliphatic rings. The van der Waals surface area contributed by atoms with Crippen molar-refractivity contribution in [3.8, 4) is 0 Å². The first-order valence-electron chi connectivity index (χ1n) is 21.6. The second-order valence-electron chi connectivity index (χ2n) is 14.7. The Bertz CT molecular complexity index is 899. The minimum atomic E-state index is -4.61. The molecule has 0 bridgehead atoms. The number of aliphatic hydroxyl groups is 2. The van der Waals surface area contributed by atoms with E-state index in [1.807, 2.05) is 0 Å². The van der Waals surface area contributed by atoms with Gasteiger partial charge in [-0.3, -0.25) is 18.6 Å². The number of carbonyl (C=O) groups is 2. The number of ether oxygens (including phenoxy) is 2. The maximum atomic E-state index is 12.6. The summed E-state index contributed by atoms with van der Waals surface area (Å²) in [6, 6.07) is 0. The quantitative estimate of drug-likeness (QED) is 0.0237. The molecule has 0 spiro atoms. The Morgan fingerprint density at radius 2 is 0.925 bits per heavy atom. The van der Waals surface area contributed by atoms with Crippen LogP contribution in [-0.4, -0.2) is 65.7 Å². The molecule has 0 aromatic heterocycles. The van der Waals surface area contributed by atoms with Crippen LogP contribution >= 0.6 is 7.82 Å². The Morgan fingerprint density at radius 3 is 1.36 bits per heavy atom. The molecule has 0 aliphatic heterocycles. The summed E-state index contributed by atoms with van der Waals surface area (Å²) in [4.78, 5) is 34.9. The smallest absolute Gasteiger partial charge is 0.462 e. The van der Waals surface area contributed by atoms with E-state index in [-0.39, 0.29) is 19.4 Å². The molecule has 0 amide bonds. The third-order valence-corrected chi connectivity index (χ3v) is 10.4. The van der Waals surface area contributed by atoms with Gasteiger partial charge in [-0.1, -0.05) is 167 Å². The van der Waals surface area contributed by atoms with Gasteiger partial charge in [-0.2, -0.15) is 0 Å². The largest absolute Gasteiger partial charge is 0.472 e. The lowest BCUT2D eigenvalue weighted by molar-refractivity contribution is -0.161. The summed E-state index contributed by atoms with van der Waals surface area (Å²) in [7, 11) is -4.61. The zero-order chi connectivity index (χ0) is 39.1. The van der Waals surface area contributed by atoms with E-state index in [1.54, 1.807) is 0 Å². The molecular formula is C42H81O10P. The Labute approximate surface area is 324 Å². The molecule has 0 aromatic rings. The topological polar surface area (TPSA) is 149 Å². The van der Waals surface area contributed by atoms with Crippen molar-refractivity contribution in [2.75, 3.05) is 26.4 Å². The third-order valence-electron chi connectivity index (χ3n) is 9.42. The van der Waals surface area contributed by atoms with Gasteiger partial charge >= 0.3 is 19.8 Å². The van der Waals surface area contributed by atoms with Crippen LogP contribution < -0.4 is 0 Å². The molecule has 10 nitrogen and oxygen atoms in total. The summed E-state index contributed by atoms with van der Waals surface area (Å²) in [5.74, 6) is -0.924. The summed E-state index contributed by atoms with van der Waals surface area (Å²) in [5, 5.41) is 18.3. The van der Waals surface area contributed by atoms with Crippen molar-refractivity contribution in [3.63, 3.8) is 0 Å². The van der Waals surface area contributed by atoms with E-state index in [0.29, 0.717) is 12.8 Å². The molecule has 0 heterocycles. The van der Waals surface area contributed by atoms with Crippen molar-refractivity contribution in [2.24, 2.45) is 0 Å². The highest BCUT2D eigenvalue weighted by Crippen LogP contribution is 2.43. The van der Waals surface area contributed by atoms with Crippen molar-refractivity contribution in [1.29, 1.82) is 0 Å². The Morgan fingerprint density at radius 1 is 0.547 bits per heavy atom. The molecule has 11 heteroatoms. The van der Waals surface area contributed by atoms with Crippen molar-refractivity contribution in [1.82, 2.24) is 0 Å². The van der Waals surface area contributed by atoms with Gasteiger partial charge in [-0.25, -0.2) is 4.57 Å². The second-order valence-corrected chi connectivity index (χ2v) is 16.2. The number of hydrogen-bond acceptors (Lipinski definition) is 9. The van der Waals surface area contributed by atoms with Gasteiger partial charge in [-0.05, 0) is 38.5 Å². The SMILES string of the molecule is CCCCCCCC/C=C\CCCCCCCC(=O)OC(COC(=O)CCCCCCCCCCCCCCCCC)COP(=O)(O)OCC(O)CO. The molecular weight excluding hydrogens is 695 g/mol. The van der Waals surface area contributed by atoms with Gasteiger partial charge in [0.15, 0.2) is 6.10 Å². The first-order valence-corrected chi connectivity index (χ1v) is 23.1. The van der Waals surface area contributed by atoms with E-state index in [1.165, 1.54) is 109 Å². The van der Waals surface area contributed by atoms with Crippen molar-refractivity contribution >= 4 is 19.8 Å². The molecule has 53 heavy (non-hydrogen) atoms. The van der Waals surface area contributed by atoms with Crippen LogP contribution in [0.3, 0.4) is 0 Å². The van der Waals surface area contributed by atoms with Gasteiger partial charge in [-0.15, -0.1) is 0 Å². The number of rotatable bonds is 41. The lowest BCUT2D eigenvalue weighted by atomic mass is 10.0. The molecule has 0 aliphatic carbocycles. The molecule has 0 fully saturated rings. The number of phosphoric acid groups is 1. The highest BCUT2D eigenvalue weighted by molar-refractivity contribution is 7.47. The zero-order valence-corrected chi connectivity index (χ0v) is 34.9. The maximum Gasteiger partial charge on any atom is 0.472 e. The van der Waals surface area contributed by atoms with Gasteiger partial charge < -0.3 is 24.6 Å². The second kappa shape index (κ2) is 39.0. The summed E-state index contributed by atoms with van der Waals surface area (Å²) >= 11 is 0. The molecule has 0 radical (unpaired) electrons. The monoisotopic (exact) mass is 777 g/mol. The van der Waals surface area contributed by atoms with Crippen LogP contribution in [-0.2, 0) is 32.7 Å². The highest BCUT2D eigenvalue weighted by atomic mass is 31.2. The molecule has 0 rings (SSSR count). The standard InChI is InChI=1S/C42H81O10P/c1-3-5-7-9-11-13-15-17-19-21-23-25-27-29-31-33-41(45)49-37-40(38-51-53(47,48)50-36-39(44)35-43)52-42(46)34-32-30-28-26-24-22-20-18-16-14-12-10-8-6-4-2/h18,20,39-40,43-44H,3-17,19,21-38H2,1-2H3,(H,47,48)/b20-18-. The van der Waals surface area contributed by atoms with Crippen LogP contribution in [0.4, 0.5) is 0 Å².